The van der Waals surface area contributed by atoms with E-state index in [2.05, 4.69) is 0 Å². The highest BCUT2D eigenvalue weighted by molar-refractivity contribution is 6.39. The third-order valence-corrected chi connectivity index (χ3v) is 5.34. The molecule has 0 fully saturated rings. The van der Waals surface area contributed by atoms with Crippen LogP contribution in [0.4, 0.5) is 5.69 Å². The first-order valence-electron chi connectivity index (χ1n) is 8.25. The van der Waals surface area contributed by atoms with Crippen molar-refractivity contribution in [1.29, 1.82) is 0 Å². The van der Waals surface area contributed by atoms with E-state index in [1.807, 2.05) is 0 Å². The molecule has 0 aliphatic carbocycles. The van der Waals surface area contributed by atoms with Gasteiger partial charge in [0.1, 0.15) is 0 Å². The lowest BCUT2D eigenvalue weighted by Crippen LogP contribution is -2.17. The summed E-state index contributed by atoms with van der Waals surface area (Å²) in [5, 5.41) is 12.8. The number of nitro groups is 1. The standard InChI is InChI=1S/C20H10Cl3N2O4/c21-15-5-2-1-4-12(15)13-8-11(24(26)27)9-19-14(13)10-18(25(28)29-19)20-16(22)6-3-7-17(20)23/h1-10H/q+1. The molecule has 4 aromatic rings. The highest BCUT2D eigenvalue weighted by Crippen LogP contribution is 2.39. The largest absolute Gasteiger partial charge is 0.328 e. The van der Waals surface area contributed by atoms with Crippen LogP contribution in [-0.4, -0.2) is 4.92 Å². The lowest BCUT2D eigenvalue weighted by atomic mass is 9.99. The van der Waals surface area contributed by atoms with Gasteiger partial charge in [0.2, 0.25) is 5.58 Å². The van der Waals surface area contributed by atoms with Crippen molar-refractivity contribution in [3.8, 4) is 22.4 Å². The molecule has 0 aliphatic rings. The van der Waals surface area contributed by atoms with Crippen molar-refractivity contribution in [2.75, 3.05) is 0 Å². The maximum atomic E-state index is 12.6. The first-order valence-corrected chi connectivity index (χ1v) is 9.39. The monoisotopic (exact) mass is 447 g/mol. The van der Waals surface area contributed by atoms with Gasteiger partial charge in [-0.15, -0.1) is 0 Å². The molecular weight excluding hydrogens is 439 g/mol. The van der Waals surface area contributed by atoms with E-state index >= 15 is 0 Å². The predicted octanol–water partition coefficient (Wildman–Crippen LogP) is 6.55. The number of benzene rings is 3. The number of halogens is 3. The van der Waals surface area contributed by atoms with Crippen molar-refractivity contribution in [3.63, 3.8) is 0 Å². The molecule has 0 amide bonds. The third-order valence-electron chi connectivity index (χ3n) is 4.38. The summed E-state index contributed by atoms with van der Waals surface area (Å²) in [6.45, 7) is 0. The number of non-ortho nitro benzene ring substituents is 1. The number of fused-ring (bicyclic) bond motifs is 1. The minimum Gasteiger partial charge on any atom is -0.258 e. The summed E-state index contributed by atoms with van der Waals surface area (Å²) in [6, 6.07) is 15.8. The van der Waals surface area contributed by atoms with Crippen LogP contribution in [-0.2, 0) is 0 Å². The average Bonchev–Trinajstić information content (AvgIpc) is 2.68. The number of nitrogens with zero attached hydrogens (tertiary/aromatic N) is 2. The molecule has 0 saturated carbocycles. The molecule has 4 rings (SSSR count). The predicted molar refractivity (Wildman–Crippen MR) is 112 cm³/mol. The molecule has 6 nitrogen and oxygen atoms in total. The zero-order valence-corrected chi connectivity index (χ0v) is 16.7. The van der Waals surface area contributed by atoms with E-state index in [0.717, 1.165) is 0 Å². The van der Waals surface area contributed by atoms with Crippen molar-refractivity contribution in [1.82, 2.24) is 0 Å². The van der Waals surface area contributed by atoms with Gasteiger partial charge < -0.3 is 0 Å². The first-order chi connectivity index (χ1) is 13.9. The van der Waals surface area contributed by atoms with Crippen molar-refractivity contribution in [2.45, 2.75) is 0 Å². The molecule has 9 heteroatoms. The zero-order valence-electron chi connectivity index (χ0n) is 14.4. The normalized spacial score (nSPS) is 11.0. The third kappa shape index (κ3) is 3.46. The minimum atomic E-state index is -0.566. The number of aromatic nitrogens is 1. The Labute approximate surface area is 178 Å². The first kappa shape index (κ1) is 19.4. The highest BCUT2D eigenvalue weighted by Gasteiger charge is 2.26. The summed E-state index contributed by atoms with van der Waals surface area (Å²) < 4.78 is 5.58. The fourth-order valence-corrected chi connectivity index (χ4v) is 3.91. The summed E-state index contributed by atoms with van der Waals surface area (Å²) in [5.74, 6) is 0. The van der Waals surface area contributed by atoms with E-state index in [-0.39, 0.29) is 31.6 Å². The molecule has 3 aromatic carbocycles. The van der Waals surface area contributed by atoms with E-state index in [9.17, 15) is 15.0 Å². The van der Waals surface area contributed by atoms with Gasteiger partial charge in [-0.3, -0.25) is 10.1 Å². The summed E-state index contributed by atoms with van der Waals surface area (Å²) in [7, 11) is 0. The fourth-order valence-electron chi connectivity index (χ4n) is 3.08. The van der Waals surface area contributed by atoms with E-state index in [1.165, 1.54) is 18.2 Å². The Morgan fingerprint density at radius 1 is 0.862 bits per heavy atom. The molecule has 29 heavy (non-hydrogen) atoms. The van der Waals surface area contributed by atoms with Gasteiger partial charge in [-0.1, -0.05) is 59.1 Å². The molecule has 0 aliphatic heterocycles. The Kier molecular flexibility index (Phi) is 5.00. The van der Waals surface area contributed by atoms with Crippen molar-refractivity contribution in [3.05, 3.63) is 90.8 Å². The van der Waals surface area contributed by atoms with E-state index < -0.39 is 4.92 Å². The quantitative estimate of drug-likeness (QED) is 0.263. The molecule has 0 radical (unpaired) electrons. The van der Waals surface area contributed by atoms with Crippen LogP contribution in [0.1, 0.15) is 0 Å². The number of nitro benzene ring substituents is 1. The van der Waals surface area contributed by atoms with Gasteiger partial charge in [-0.25, -0.2) is 0 Å². The Morgan fingerprint density at radius 3 is 2.17 bits per heavy atom. The van der Waals surface area contributed by atoms with Gasteiger partial charge in [-0.2, -0.15) is 4.52 Å². The number of rotatable bonds is 3. The smallest absolute Gasteiger partial charge is 0.258 e. The second kappa shape index (κ2) is 7.48. The van der Waals surface area contributed by atoms with Crippen LogP contribution in [0.2, 0.25) is 15.1 Å². The minimum absolute atomic E-state index is 0.0241. The molecule has 144 valence electrons. The Morgan fingerprint density at radius 2 is 1.52 bits per heavy atom. The lowest BCUT2D eigenvalue weighted by Gasteiger charge is -2.07. The Hall–Kier alpha value is -2.93. The average molecular weight is 449 g/mol. The highest BCUT2D eigenvalue weighted by atomic mass is 35.5. The zero-order chi connectivity index (χ0) is 20.7. The van der Waals surface area contributed by atoms with Gasteiger partial charge in [0.05, 0.1) is 31.5 Å². The molecule has 0 unspecified atom stereocenters. The van der Waals surface area contributed by atoms with Gasteiger partial charge in [-0.05, 0) is 18.2 Å². The molecule has 0 atom stereocenters. The lowest BCUT2D eigenvalue weighted by molar-refractivity contribution is -0.692. The summed E-state index contributed by atoms with van der Waals surface area (Å²) >= 11 is 18.8. The second-order valence-corrected chi connectivity index (χ2v) is 7.34. The maximum absolute atomic E-state index is 12.6. The second-order valence-electron chi connectivity index (χ2n) is 6.12. The molecule has 1 heterocycles. The van der Waals surface area contributed by atoms with Crippen LogP contribution in [0.5, 0.6) is 0 Å². The SMILES string of the molecule is O=[N+]([O-])c1cc(-c2ccccc2Cl)c2cc(-c3c(Cl)cccc3Cl)[n+](=O)oc2c1. The van der Waals surface area contributed by atoms with E-state index in [1.54, 1.807) is 42.5 Å². The van der Waals surface area contributed by atoms with Gasteiger partial charge in [0.25, 0.3) is 10.3 Å². The summed E-state index contributed by atoms with van der Waals surface area (Å²) in [4.78, 5) is 23.4. The molecule has 0 saturated heterocycles. The van der Waals surface area contributed by atoms with Crippen molar-refractivity contribution >= 4 is 51.5 Å². The number of hydrogen-bond acceptors (Lipinski definition) is 4. The van der Waals surface area contributed by atoms with Crippen LogP contribution in [0, 0.1) is 15.0 Å². The number of hydrogen-bond donors (Lipinski definition) is 0. The molecule has 1 aromatic heterocycles. The van der Waals surface area contributed by atoms with Crippen LogP contribution >= 0.6 is 34.8 Å². The van der Waals surface area contributed by atoms with Crippen molar-refractivity contribution < 1.29 is 14.0 Å². The van der Waals surface area contributed by atoms with Crippen molar-refractivity contribution in [2.24, 2.45) is 0 Å². The molecular formula is C20H10Cl3N2O4+. The summed E-state index contributed by atoms with van der Waals surface area (Å²) in [5.41, 5.74) is 1.14. The molecule has 0 bridgehead atoms. The summed E-state index contributed by atoms with van der Waals surface area (Å²) in [6.07, 6.45) is 0. The van der Waals surface area contributed by atoms with E-state index in [0.29, 0.717) is 27.1 Å². The van der Waals surface area contributed by atoms with Gasteiger partial charge in [0.15, 0.2) is 0 Å². The molecule has 0 spiro atoms. The van der Waals surface area contributed by atoms with Gasteiger partial charge >= 0.3 is 5.69 Å². The fraction of sp³-hybridized carbons (Fsp3) is 0. The topological polar surface area (TPSA) is 79.3 Å². The van der Waals surface area contributed by atoms with E-state index in [4.69, 9.17) is 39.3 Å². The van der Waals surface area contributed by atoms with Crippen LogP contribution in [0.25, 0.3) is 33.4 Å². The van der Waals surface area contributed by atoms with Crippen LogP contribution in [0.15, 0.2) is 65.2 Å². The molecule has 0 N–H and O–H groups in total. The maximum Gasteiger partial charge on any atom is 0.328 e. The van der Waals surface area contributed by atoms with Crippen LogP contribution < -0.4 is 4.60 Å². The Balaban J connectivity index is 2.12. The Bertz CT molecular complexity index is 1330. The van der Waals surface area contributed by atoms with Gasteiger partial charge in [0, 0.05) is 33.7 Å². The van der Waals surface area contributed by atoms with Crippen LogP contribution in [0.3, 0.4) is 0 Å².